The maximum Gasteiger partial charge on any atom is 0.165 e. The fourth-order valence-corrected chi connectivity index (χ4v) is 1.35. The van der Waals surface area contributed by atoms with Crippen LogP contribution < -0.4 is 0 Å². The molecule has 1 aromatic carbocycles. The first-order valence-corrected chi connectivity index (χ1v) is 4.87. The summed E-state index contributed by atoms with van der Waals surface area (Å²) in [6.07, 6.45) is 0. The summed E-state index contributed by atoms with van der Waals surface area (Å²) in [6.45, 7) is 6.75. The lowest BCUT2D eigenvalue weighted by Crippen LogP contribution is -2.22. The third kappa shape index (κ3) is 2.70. The molecule has 1 aromatic rings. The van der Waals surface area contributed by atoms with Crippen LogP contribution in [0.2, 0.25) is 0 Å². The Hall–Kier alpha value is -1.09. The van der Waals surface area contributed by atoms with Gasteiger partial charge in [0.05, 0.1) is 0 Å². The zero-order valence-electron chi connectivity index (χ0n) is 8.63. The van der Waals surface area contributed by atoms with E-state index in [4.69, 9.17) is 5.11 Å². The molecule has 0 heterocycles. The van der Waals surface area contributed by atoms with E-state index in [2.05, 4.69) is 18.7 Å². The fourth-order valence-electron chi connectivity index (χ4n) is 1.35. The Morgan fingerprint density at radius 1 is 1.29 bits per heavy atom. The highest BCUT2D eigenvalue weighted by Gasteiger charge is 2.04. The van der Waals surface area contributed by atoms with Gasteiger partial charge in [-0.05, 0) is 30.8 Å². The fraction of sp³-hybridized carbons (Fsp3) is 0.455. The van der Waals surface area contributed by atoms with Gasteiger partial charge in [0.2, 0.25) is 0 Å². The van der Waals surface area contributed by atoms with Crippen LogP contribution in [-0.4, -0.2) is 23.1 Å². The van der Waals surface area contributed by atoms with Gasteiger partial charge in [-0.1, -0.05) is 19.9 Å². The van der Waals surface area contributed by atoms with Crippen LogP contribution in [0, 0.1) is 5.82 Å². The Morgan fingerprint density at radius 3 is 2.43 bits per heavy atom. The SMILES string of the molecule is CCN(CC)Cc1ccc(O)c(F)c1. The number of rotatable bonds is 4. The first-order valence-electron chi connectivity index (χ1n) is 4.87. The predicted octanol–water partition coefficient (Wildman–Crippen LogP) is 2.37. The Bertz CT molecular complexity index is 297. The molecule has 0 radical (unpaired) electrons. The summed E-state index contributed by atoms with van der Waals surface area (Å²) in [5.41, 5.74) is 0.893. The third-order valence-corrected chi connectivity index (χ3v) is 2.31. The summed E-state index contributed by atoms with van der Waals surface area (Å²) in [5, 5.41) is 9.00. The molecule has 3 heteroatoms. The van der Waals surface area contributed by atoms with Crippen molar-refractivity contribution >= 4 is 0 Å². The Balaban J connectivity index is 2.72. The summed E-state index contributed by atoms with van der Waals surface area (Å²) in [7, 11) is 0. The second-order valence-corrected chi connectivity index (χ2v) is 3.25. The van der Waals surface area contributed by atoms with E-state index in [0.29, 0.717) is 0 Å². The first-order chi connectivity index (χ1) is 6.67. The van der Waals surface area contributed by atoms with Crippen LogP contribution in [0.25, 0.3) is 0 Å². The zero-order valence-corrected chi connectivity index (χ0v) is 8.63. The minimum Gasteiger partial charge on any atom is -0.505 e. The van der Waals surface area contributed by atoms with Crippen LogP contribution in [0.5, 0.6) is 5.75 Å². The number of phenols is 1. The zero-order chi connectivity index (χ0) is 10.6. The molecule has 0 aliphatic carbocycles. The number of phenolic OH excluding ortho intramolecular Hbond substituents is 1. The molecule has 1 rings (SSSR count). The molecular formula is C11H16FNO. The van der Waals surface area contributed by atoms with Crippen molar-refractivity contribution in [3.8, 4) is 5.75 Å². The molecule has 0 saturated carbocycles. The maximum atomic E-state index is 13.0. The molecule has 0 bridgehead atoms. The number of aromatic hydroxyl groups is 1. The summed E-state index contributed by atoms with van der Waals surface area (Å²) >= 11 is 0. The highest BCUT2D eigenvalue weighted by atomic mass is 19.1. The largest absolute Gasteiger partial charge is 0.505 e. The minimum absolute atomic E-state index is 0.284. The maximum absolute atomic E-state index is 13.0. The highest BCUT2D eigenvalue weighted by Crippen LogP contribution is 2.17. The molecule has 2 nitrogen and oxygen atoms in total. The number of nitrogens with zero attached hydrogens (tertiary/aromatic N) is 1. The van der Waals surface area contributed by atoms with Crippen molar-refractivity contribution in [1.82, 2.24) is 4.90 Å². The number of hydrogen-bond donors (Lipinski definition) is 1. The van der Waals surface area contributed by atoms with Crippen molar-refractivity contribution in [3.05, 3.63) is 29.6 Å². The monoisotopic (exact) mass is 197 g/mol. The van der Waals surface area contributed by atoms with Gasteiger partial charge in [-0.25, -0.2) is 4.39 Å². The van der Waals surface area contributed by atoms with Gasteiger partial charge in [0.15, 0.2) is 11.6 Å². The van der Waals surface area contributed by atoms with Gasteiger partial charge in [0.1, 0.15) is 0 Å². The Labute approximate surface area is 84.0 Å². The van der Waals surface area contributed by atoms with Gasteiger partial charge < -0.3 is 5.11 Å². The van der Waals surface area contributed by atoms with Crippen molar-refractivity contribution in [1.29, 1.82) is 0 Å². The predicted molar refractivity (Wildman–Crippen MR) is 54.7 cm³/mol. The highest BCUT2D eigenvalue weighted by molar-refractivity contribution is 5.27. The molecule has 14 heavy (non-hydrogen) atoms. The lowest BCUT2D eigenvalue weighted by atomic mass is 10.2. The van der Waals surface area contributed by atoms with Crippen LogP contribution >= 0.6 is 0 Å². The summed E-state index contributed by atoms with van der Waals surface area (Å²) in [5.74, 6) is -0.831. The van der Waals surface area contributed by atoms with E-state index in [-0.39, 0.29) is 5.75 Å². The summed E-state index contributed by atoms with van der Waals surface area (Å²) in [4.78, 5) is 2.19. The molecule has 0 unspecified atom stereocenters. The van der Waals surface area contributed by atoms with Crippen LogP contribution in [-0.2, 0) is 6.54 Å². The Kier molecular flexibility index (Phi) is 3.89. The third-order valence-electron chi connectivity index (χ3n) is 2.31. The van der Waals surface area contributed by atoms with Crippen molar-refractivity contribution < 1.29 is 9.50 Å². The quantitative estimate of drug-likeness (QED) is 0.801. The van der Waals surface area contributed by atoms with E-state index < -0.39 is 5.82 Å². The lowest BCUT2D eigenvalue weighted by molar-refractivity contribution is 0.295. The number of hydrogen-bond acceptors (Lipinski definition) is 2. The van der Waals surface area contributed by atoms with Crippen molar-refractivity contribution in [3.63, 3.8) is 0 Å². The van der Waals surface area contributed by atoms with E-state index in [0.717, 1.165) is 25.2 Å². The molecule has 0 atom stereocenters. The second kappa shape index (κ2) is 4.96. The van der Waals surface area contributed by atoms with Gasteiger partial charge >= 0.3 is 0 Å². The van der Waals surface area contributed by atoms with Crippen molar-refractivity contribution in [2.75, 3.05) is 13.1 Å². The minimum atomic E-state index is -0.547. The molecule has 0 spiro atoms. The van der Waals surface area contributed by atoms with E-state index >= 15 is 0 Å². The average molecular weight is 197 g/mol. The molecule has 0 saturated heterocycles. The first kappa shape index (κ1) is 11.0. The summed E-state index contributed by atoms with van der Waals surface area (Å²) in [6, 6.07) is 4.53. The van der Waals surface area contributed by atoms with E-state index in [1.807, 2.05) is 0 Å². The van der Waals surface area contributed by atoms with E-state index in [9.17, 15) is 4.39 Å². The smallest absolute Gasteiger partial charge is 0.165 e. The molecule has 0 aliphatic rings. The van der Waals surface area contributed by atoms with Gasteiger partial charge in [-0.2, -0.15) is 0 Å². The van der Waals surface area contributed by atoms with Crippen molar-refractivity contribution in [2.45, 2.75) is 20.4 Å². The Morgan fingerprint density at radius 2 is 1.93 bits per heavy atom. The second-order valence-electron chi connectivity index (χ2n) is 3.25. The summed E-state index contributed by atoms with van der Waals surface area (Å²) < 4.78 is 13.0. The molecule has 0 aliphatic heterocycles. The molecule has 1 N–H and O–H groups in total. The number of benzene rings is 1. The number of halogens is 1. The van der Waals surface area contributed by atoms with E-state index in [1.165, 1.54) is 12.1 Å². The van der Waals surface area contributed by atoms with Crippen LogP contribution in [0.4, 0.5) is 4.39 Å². The average Bonchev–Trinajstić information content (AvgIpc) is 2.19. The molecule has 0 amide bonds. The van der Waals surface area contributed by atoms with Crippen molar-refractivity contribution in [2.24, 2.45) is 0 Å². The topological polar surface area (TPSA) is 23.5 Å². The van der Waals surface area contributed by atoms with Gasteiger partial charge in [0, 0.05) is 6.54 Å². The standard InChI is InChI=1S/C11H16FNO/c1-3-13(4-2)8-9-5-6-11(14)10(12)7-9/h5-7,14H,3-4,8H2,1-2H3. The van der Waals surface area contributed by atoms with E-state index in [1.54, 1.807) is 6.07 Å². The van der Waals surface area contributed by atoms with Gasteiger partial charge in [-0.3, -0.25) is 4.90 Å². The van der Waals surface area contributed by atoms with Crippen LogP contribution in [0.15, 0.2) is 18.2 Å². The van der Waals surface area contributed by atoms with Crippen LogP contribution in [0.1, 0.15) is 19.4 Å². The lowest BCUT2D eigenvalue weighted by Gasteiger charge is -2.17. The normalized spacial score (nSPS) is 10.9. The molecule has 78 valence electrons. The molecular weight excluding hydrogens is 181 g/mol. The molecule has 0 aromatic heterocycles. The van der Waals surface area contributed by atoms with Crippen LogP contribution in [0.3, 0.4) is 0 Å². The van der Waals surface area contributed by atoms with Gasteiger partial charge in [-0.15, -0.1) is 0 Å². The molecule has 0 fully saturated rings. The van der Waals surface area contributed by atoms with Gasteiger partial charge in [0.25, 0.3) is 0 Å².